The minimum atomic E-state index is -2.90. The van der Waals surface area contributed by atoms with Crippen molar-refractivity contribution in [2.24, 2.45) is 5.92 Å². The molecule has 1 rings (SSSR count). The molecule has 0 aliphatic heterocycles. The van der Waals surface area contributed by atoms with E-state index in [9.17, 15) is 13.6 Å². The van der Waals surface area contributed by atoms with Crippen molar-refractivity contribution < 1.29 is 18.3 Å². The lowest BCUT2D eigenvalue weighted by molar-refractivity contribution is -0.124. The van der Waals surface area contributed by atoms with E-state index in [0.717, 1.165) is 0 Å². The molecule has 1 aromatic rings. The molecule has 0 radical (unpaired) electrons. The van der Waals surface area contributed by atoms with Gasteiger partial charge in [0.25, 0.3) is 0 Å². The summed E-state index contributed by atoms with van der Waals surface area (Å²) in [6, 6.07) is 5.93. The van der Waals surface area contributed by atoms with Gasteiger partial charge in [-0.05, 0) is 13.0 Å². The second-order valence-corrected chi connectivity index (χ2v) is 4.51. The van der Waals surface area contributed by atoms with Gasteiger partial charge in [0.2, 0.25) is 5.91 Å². The fourth-order valence-electron chi connectivity index (χ4n) is 1.55. The van der Waals surface area contributed by atoms with Crippen molar-refractivity contribution in [3.8, 4) is 5.75 Å². The molecule has 19 heavy (non-hydrogen) atoms. The van der Waals surface area contributed by atoms with Gasteiger partial charge in [-0.3, -0.25) is 4.79 Å². The normalized spacial score (nSPS) is 14.0. The number of rotatable bonds is 6. The smallest absolute Gasteiger partial charge is 0.387 e. The Morgan fingerprint density at radius 2 is 2.00 bits per heavy atom. The van der Waals surface area contributed by atoms with E-state index < -0.39 is 12.7 Å². The maximum absolute atomic E-state index is 12.3. The van der Waals surface area contributed by atoms with Gasteiger partial charge in [-0.15, -0.1) is 11.6 Å². The molecule has 0 spiro atoms. The van der Waals surface area contributed by atoms with Gasteiger partial charge in [-0.1, -0.05) is 25.1 Å². The molecule has 0 saturated carbocycles. The predicted octanol–water partition coefficient (Wildman–Crippen LogP) is 3.34. The summed E-state index contributed by atoms with van der Waals surface area (Å²) < 4.78 is 29.0. The third kappa shape index (κ3) is 4.67. The van der Waals surface area contributed by atoms with Crippen LogP contribution >= 0.6 is 11.6 Å². The van der Waals surface area contributed by atoms with E-state index in [1.165, 1.54) is 6.07 Å². The molecule has 0 aromatic heterocycles. The van der Waals surface area contributed by atoms with Gasteiger partial charge in [-0.2, -0.15) is 8.78 Å². The highest BCUT2D eigenvalue weighted by Gasteiger charge is 2.18. The summed E-state index contributed by atoms with van der Waals surface area (Å²) in [6.07, 6.45) is 0. The van der Waals surface area contributed by atoms with E-state index in [1.807, 2.05) is 0 Å². The van der Waals surface area contributed by atoms with Crippen LogP contribution in [0.15, 0.2) is 24.3 Å². The molecular formula is C13H16ClF2NO2. The van der Waals surface area contributed by atoms with Gasteiger partial charge in [0.05, 0.1) is 6.04 Å². The van der Waals surface area contributed by atoms with Gasteiger partial charge in [0.1, 0.15) is 5.75 Å². The van der Waals surface area contributed by atoms with Gasteiger partial charge in [0, 0.05) is 17.4 Å². The van der Waals surface area contributed by atoms with E-state index >= 15 is 0 Å². The van der Waals surface area contributed by atoms with E-state index in [2.05, 4.69) is 10.1 Å². The minimum Gasteiger partial charge on any atom is -0.434 e. The molecule has 2 unspecified atom stereocenters. The Bertz CT molecular complexity index is 429. The van der Waals surface area contributed by atoms with E-state index in [0.29, 0.717) is 5.56 Å². The van der Waals surface area contributed by atoms with E-state index in [1.54, 1.807) is 32.0 Å². The Labute approximate surface area is 115 Å². The Morgan fingerprint density at radius 1 is 1.37 bits per heavy atom. The number of ether oxygens (including phenoxy) is 1. The standard InChI is InChI=1S/C13H16ClF2NO2/c1-8(7-14)12(18)17-9(2)10-5-3-4-6-11(10)19-13(15)16/h3-6,8-9,13H,7H2,1-2H3,(H,17,18). The third-order valence-corrected chi connectivity index (χ3v) is 3.10. The zero-order valence-corrected chi connectivity index (χ0v) is 11.5. The summed E-state index contributed by atoms with van der Waals surface area (Å²) >= 11 is 5.59. The quantitative estimate of drug-likeness (QED) is 0.816. The Hall–Kier alpha value is -1.36. The summed E-state index contributed by atoms with van der Waals surface area (Å²) in [7, 11) is 0. The van der Waals surface area contributed by atoms with Crippen LogP contribution in [0.4, 0.5) is 8.78 Å². The van der Waals surface area contributed by atoms with Crippen LogP contribution in [-0.4, -0.2) is 18.4 Å². The van der Waals surface area contributed by atoms with Crippen molar-refractivity contribution in [1.29, 1.82) is 0 Å². The van der Waals surface area contributed by atoms with Crippen LogP contribution in [0.25, 0.3) is 0 Å². The molecule has 1 N–H and O–H groups in total. The highest BCUT2D eigenvalue weighted by Crippen LogP contribution is 2.26. The Kier molecular flexibility index (Phi) is 6.02. The zero-order valence-electron chi connectivity index (χ0n) is 10.7. The van der Waals surface area contributed by atoms with Crippen molar-refractivity contribution >= 4 is 17.5 Å². The van der Waals surface area contributed by atoms with E-state index in [4.69, 9.17) is 11.6 Å². The Morgan fingerprint density at radius 3 is 2.58 bits per heavy atom. The summed E-state index contributed by atoms with van der Waals surface area (Å²) in [5.41, 5.74) is 0.498. The van der Waals surface area contributed by atoms with Crippen LogP contribution in [0.1, 0.15) is 25.5 Å². The molecule has 0 saturated heterocycles. The maximum atomic E-state index is 12.3. The zero-order chi connectivity index (χ0) is 14.4. The molecule has 0 aliphatic rings. The van der Waals surface area contributed by atoms with Gasteiger partial charge < -0.3 is 10.1 Å². The third-order valence-electron chi connectivity index (χ3n) is 2.64. The first-order valence-electron chi connectivity index (χ1n) is 5.85. The number of nitrogens with one attached hydrogen (secondary N) is 1. The fraction of sp³-hybridized carbons (Fsp3) is 0.462. The van der Waals surface area contributed by atoms with Crippen LogP contribution in [-0.2, 0) is 4.79 Å². The molecule has 0 aliphatic carbocycles. The number of halogens is 3. The van der Waals surface area contributed by atoms with E-state index in [-0.39, 0.29) is 23.5 Å². The Balaban J connectivity index is 2.81. The van der Waals surface area contributed by atoms with Crippen LogP contribution < -0.4 is 10.1 Å². The summed E-state index contributed by atoms with van der Waals surface area (Å²) in [5, 5.41) is 2.71. The number of hydrogen-bond acceptors (Lipinski definition) is 2. The van der Waals surface area contributed by atoms with Crippen LogP contribution in [0.5, 0.6) is 5.75 Å². The van der Waals surface area contributed by atoms with Crippen molar-refractivity contribution in [3.63, 3.8) is 0 Å². The molecule has 0 bridgehead atoms. The highest BCUT2D eigenvalue weighted by molar-refractivity contribution is 6.19. The lowest BCUT2D eigenvalue weighted by atomic mass is 10.1. The maximum Gasteiger partial charge on any atom is 0.387 e. The number of carbonyl (C=O) groups is 1. The van der Waals surface area contributed by atoms with Crippen LogP contribution in [0.3, 0.4) is 0 Å². The molecular weight excluding hydrogens is 276 g/mol. The minimum absolute atomic E-state index is 0.0591. The molecule has 1 aromatic carbocycles. The number of hydrogen-bond donors (Lipinski definition) is 1. The summed E-state index contributed by atoms with van der Waals surface area (Å²) in [6.45, 7) is 0.495. The molecule has 0 heterocycles. The predicted molar refractivity (Wildman–Crippen MR) is 69.5 cm³/mol. The van der Waals surface area contributed by atoms with Gasteiger partial charge >= 0.3 is 6.61 Å². The lowest BCUT2D eigenvalue weighted by Gasteiger charge is -2.19. The monoisotopic (exact) mass is 291 g/mol. The second-order valence-electron chi connectivity index (χ2n) is 4.20. The topological polar surface area (TPSA) is 38.3 Å². The van der Waals surface area contributed by atoms with Crippen LogP contribution in [0, 0.1) is 5.92 Å². The lowest BCUT2D eigenvalue weighted by Crippen LogP contribution is -2.32. The number of carbonyl (C=O) groups excluding carboxylic acids is 1. The first kappa shape index (κ1) is 15.7. The van der Waals surface area contributed by atoms with Gasteiger partial charge in [-0.25, -0.2) is 0 Å². The molecule has 2 atom stereocenters. The average molecular weight is 292 g/mol. The highest BCUT2D eigenvalue weighted by atomic mass is 35.5. The molecule has 3 nitrogen and oxygen atoms in total. The summed E-state index contributed by atoms with van der Waals surface area (Å²) in [4.78, 5) is 11.7. The summed E-state index contributed by atoms with van der Waals surface area (Å²) in [5.74, 6) is -0.307. The van der Waals surface area contributed by atoms with Crippen molar-refractivity contribution in [2.75, 3.05) is 5.88 Å². The number of para-hydroxylation sites is 1. The van der Waals surface area contributed by atoms with Gasteiger partial charge in [0.15, 0.2) is 0 Å². The van der Waals surface area contributed by atoms with Crippen LogP contribution in [0.2, 0.25) is 0 Å². The molecule has 1 amide bonds. The van der Waals surface area contributed by atoms with Crippen molar-refractivity contribution in [2.45, 2.75) is 26.5 Å². The second kappa shape index (κ2) is 7.28. The SMILES string of the molecule is CC(CCl)C(=O)NC(C)c1ccccc1OC(F)F. The average Bonchev–Trinajstić information content (AvgIpc) is 2.37. The largest absolute Gasteiger partial charge is 0.434 e. The number of benzene rings is 1. The molecule has 0 fully saturated rings. The fourth-order valence-corrected chi connectivity index (χ4v) is 1.69. The number of amides is 1. The molecule has 106 valence electrons. The first-order valence-corrected chi connectivity index (χ1v) is 6.39. The van der Waals surface area contributed by atoms with Crippen molar-refractivity contribution in [3.05, 3.63) is 29.8 Å². The number of alkyl halides is 3. The molecule has 6 heteroatoms. The first-order chi connectivity index (χ1) is 8.95. The van der Waals surface area contributed by atoms with Crippen molar-refractivity contribution in [1.82, 2.24) is 5.32 Å².